The molecule has 3 aromatic rings. The summed E-state index contributed by atoms with van der Waals surface area (Å²) in [4.78, 5) is 31.7. The molecule has 146 valence electrons. The van der Waals surface area contributed by atoms with Gasteiger partial charge in [-0.15, -0.1) is 0 Å². The molecule has 0 aromatic carbocycles. The molecular weight excluding hydrogens is 382 g/mol. The molecule has 1 amide bonds. The largest absolute Gasteiger partial charge is 0.444 e. The molecule has 1 aliphatic rings. The third kappa shape index (κ3) is 3.13. The van der Waals surface area contributed by atoms with Crippen molar-refractivity contribution in [3.63, 3.8) is 0 Å². The number of aromatic nitrogens is 4. The standard InChI is InChI=1S/C19H20ClN5O3/c1-19(2,3)28-18(27)23-10-8-13(23)16-22-24-11-7-12(20)15(24)17(26)25(16)14-6-4-5-9-21-14/h4-7,9,11,13H,8,10H2,1-3H3/t13-/m0/s1. The molecule has 3 aromatic heterocycles. The van der Waals surface area contributed by atoms with Gasteiger partial charge in [-0.1, -0.05) is 17.7 Å². The number of pyridine rings is 1. The van der Waals surface area contributed by atoms with Crippen LogP contribution in [0.4, 0.5) is 4.79 Å². The summed E-state index contributed by atoms with van der Waals surface area (Å²) >= 11 is 6.19. The van der Waals surface area contributed by atoms with Gasteiger partial charge in [0, 0.05) is 18.9 Å². The number of hydrogen-bond acceptors (Lipinski definition) is 5. The van der Waals surface area contributed by atoms with E-state index in [2.05, 4.69) is 10.1 Å². The number of likely N-dealkylation sites (tertiary alicyclic amines) is 1. The summed E-state index contributed by atoms with van der Waals surface area (Å²) in [6.45, 7) is 5.98. The quantitative estimate of drug-likeness (QED) is 0.658. The van der Waals surface area contributed by atoms with Gasteiger partial charge in [-0.2, -0.15) is 5.10 Å². The molecule has 4 rings (SSSR count). The Hall–Kier alpha value is -2.87. The van der Waals surface area contributed by atoms with Gasteiger partial charge in [0.15, 0.2) is 5.82 Å². The number of ether oxygens (including phenoxy) is 1. The Morgan fingerprint density at radius 1 is 1.29 bits per heavy atom. The first-order chi connectivity index (χ1) is 13.3. The lowest BCUT2D eigenvalue weighted by molar-refractivity contribution is -0.00813. The number of carbonyl (C=O) groups excluding carboxylic acids is 1. The van der Waals surface area contributed by atoms with Crippen molar-refractivity contribution in [1.29, 1.82) is 0 Å². The third-order valence-corrected chi connectivity index (χ3v) is 4.79. The predicted molar refractivity (Wildman–Crippen MR) is 104 cm³/mol. The molecule has 1 saturated heterocycles. The topological polar surface area (TPSA) is 81.7 Å². The van der Waals surface area contributed by atoms with E-state index in [1.54, 1.807) is 41.6 Å². The van der Waals surface area contributed by atoms with Crippen LogP contribution >= 0.6 is 11.6 Å². The molecule has 0 radical (unpaired) electrons. The summed E-state index contributed by atoms with van der Waals surface area (Å²) in [6, 6.07) is 6.49. The van der Waals surface area contributed by atoms with Crippen molar-refractivity contribution in [2.24, 2.45) is 0 Å². The average Bonchev–Trinajstić information content (AvgIpc) is 2.94. The van der Waals surface area contributed by atoms with Gasteiger partial charge in [0.1, 0.15) is 16.9 Å². The fourth-order valence-corrected chi connectivity index (χ4v) is 3.39. The number of halogens is 1. The van der Waals surface area contributed by atoms with E-state index in [1.165, 1.54) is 9.08 Å². The summed E-state index contributed by atoms with van der Waals surface area (Å²) in [5, 5.41) is 4.90. The minimum Gasteiger partial charge on any atom is -0.444 e. The van der Waals surface area contributed by atoms with E-state index in [0.717, 1.165) is 0 Å². The van der Waals surface area contributed by atoms with E-state index in [9.17, 15) is 9.59 Å². The van der Waals surface area contributed by atoms with Crippen molar-refractivity contribution in [3.05, 3.63) is 57.9 Å². The highest BCUT2D eigenvalue weighted by Gasteiger charge is 2.40. The van der Waals surface area contributed by atoms with Crippen LogP contribution in [0.25, 0.3) is 11.3 Å². The molecule has 0 spiro atoms. The van der Waals surface area contributed by atoms with Crippen molar-refractivity contribution >= 4 is 23.2 Å². The first-order valence-corrected chi connectivity index (χ1v) is 9.35. The highest BCUT2D eigenvalue weighted by atomic mass is 35.5. The molecule has 28 heavy (non-hydrogen) atoms. The summed E-state index contributed by atoms with van der Waals surface area (Å²) < 4.78 is 8.36. The van der Waals surface area contributed by atoms with E-state index < -0.39 is 17.7 Å². The molecule has 9 heteroatoms. The molecule has 4 heterocycles. The van der Waals surface area contributed by atoms with Crippen LogP contribution in [0.15, 0.2) is 41.5 Å². The zero-order chi connectivity index (χ0) is 20.1. The molecule has 1 atom stereocenters. The van der Waals surface area contributed by atoms with Gasteiger partial charge in [0.05, 0.1) is 11.1 Å². The summed E-state index contributed by atoms with van der Waals surface area (Å²) in [7, 11) is 0. The van der Waals surface area contributed by atoms with E-state index in [4.69, 9.17) is 16.3 Å². The Labute approximate surface area is 166 Å². The van der Waals surface area contributed by atoms with Crippen molar-refractivity contribution in [1.82, 2.24) is 24.1 Å². The van der Waals surface area contributed by atoms with Crippen molar-refractivity contribution in [2.75, 3.05) is 6.54 Å². The highest BCUT2D eigenvalue weighted by molar-refractivity contribution is 6.33. The van der Waals surface area contributed by atoms with Crippen LogP contribution in [0, 0.1) is 0 Å². The van der Waals surface area contributed by atoms with Crippen LogP contribution in [0.2, 0.25) is 5.02 Å². The highest BCUT2D eigenvalue weighted by Crippen LogP contribution is 2.34. The van der Waals surface area contributed by atoms with Crippen molar-refractivity contribution in [3.8, 4) is 5.82 Å². The minimum atomic E-state index is -0.608. The monoisotopic (exact) mass is 401 g/mol. The fourth-order valence-electron chi connectivity index (χ4n) is 3.17. The van der Waals surface area contributed by atoms with Gasteiger partial charge in [0.25, 0.3) is 5.56 Å². The van der Waals surface area contributed by atoms with Crippen LogP contribution < -0.4 is 5.56 Å². The number of nitrogens with zero attached hydrogens (tertiary/aromatic N) is 5. The van der Waals surface area contributed by atoms with Crippen LogP contribution in [-0.4, -0.2) is 42.3 Å². The van der Waals surface area contributed by atoms with Crippen LogP contribution in [0.1, 0.15) is 39.1 Å². The Morgan fingerprint density at radius 3 is 2.68 bits per heavy atom. The lowest BCUT2D eigenvalue weighted by Gasteiger charge is -2.41. The molecule has 8 nitrogen and oxygen atoms in total. The minimum absolute atomic E-state index is 0.263. The maximum absolute atomic E-state index is 13.2. The molecular formula is C19H20ClN5O3. The molecule has 1 aliphatic heterocycles. The molecule has 0 aliphatic carbocycles. The smallest absolute Gasteiger partial charge is 0.410 e. The lowest BCUT2D eigenvalue weighted by atomic mass is 10.0. The Bertz CT molecular complexity index is 1100. The molecule has 0 N–H and O–H groups in total. The second kappa shape index (κ2) is 6.63. The summed E-state index contributed by atoms with van der Waals surface area (Å²) in [6.07, 6.45) is 3.46. The average molecular weight is 402 g/mol. The second-order valence-electron chi connectivity index (χ2n) is 7.62. The van der Waals surface area contributed by atoms with Crippen LogP contribution in [0.5, 0.6) is 0 Å². The Kier molecular flexibility index (Phi) is 4.38. The normalized spacial score (nSPS) is 16.9. The Morgan fingerprint density at radius 2 is 2.07 bits per heavy atom. The van der Waals surface area contributed by atoms with Gasteiger partial charge in [-0.3, -0.25) is 9.69 Å². The van der Waals surface area contributed by atoms with E-state index >= 15 is 0 Å². The fraction of sp³-hybridized carbons (Fsp3) is 0.368. The number of carbonyl (C=O) groups is 1. The zero-order valence-electron chi connectivity index (χ0n) is 15.8. The number of amides is 1. The maximum Gasteiger partial charge on any atom is 0.410 e. The van der Waals surface area contributed by atoms with Gasteiger partial charge in [-0.25, -0.2) is 18.9 Å². The van der Waals surface area contributed by atoms with E-state index in [1.807, 2.05) is 20.8 Å². The Balaban J connectivity index is 1.85. The maximum atomic E-state index is 13.2. The van der Waals surface area contributed by atoms with Gasteiger partial charge in [0.2, 0.25) is 0 Å². The van der Waals surface area contributed by atoms with E-state index in [0.29, 0.717) is 29.6 Å². The number of fused-ring (bicyclic) bond motifs is 1. The summed E-state index contributed by atoms with van der Waals surface area (Å²) in [5.41, 5.74) is -0.683. The van der Waals surface area contributed by atoms with Crippen molar-refractivity contribution < 1.29 is 9.53 Å². The van der Waals surface area contributed by atoms with Crippen molar-refractivity contribution in [2.45, 2.75) is 38.8 Å². The van der Waals surface area contributed by atoms with Crippen LogP contribution in [0.3, 0.4) is 0 Å². The SMILES string of the molecule is CC(C)(C)OC(=O)N1CC[C@H]1c1nn2ccc(Cl)c2c(=O)n1-c1ccccn1. The zero-order valence-corrected chi connectivity index (χ0v) is 16.6. The van der Waals surface area contributed by atoms with Gasteiger partial charge in [-0.05, 0) is 45.4 Å². The first-order valence-electron chi connectivity index (χ1n) is 8.97. The predicted octanol–water partition coefficient (Wildman–Crippen LogP) is 3.22. The first kappa shape index (κ1) is 18.5. The lowest BCUT2D eigenvalue weighted by Crippen LogP contribution is -2.49. The van der Waals surface area contributed by atoms with Crippen LogP contribution in [-0.2, 0) is 4.74 Å². The summed E-state index contributed by atoms with van der Waals surface area (Å²) in [5.74, 6) is 0.839. The van der Waals surface area contributed by atoms with Gasteiger partial charge >= 0.3 is 6.09 Å². The molecule has 0 saturated carbocycles. The molecule has 1 fully saturated rings. The number of hydrogen-bond donors (Lipinski definition) is 0. The molecule has 0 unspecified atom stereocenters. The van der Waals surface area contributed by atoms with Gasteiger partial charge < -0.3 is 4.74 Å². The second-order valence-corrected chi connectivity index (χ2v) is 8.03. The number of rotatable bonds is 2. The third-order valence-electron chi connectivity index (χ3n) is 4.49. The van der Waals surface area contributed by atoms with E-state index in [-0.39, 0.29) is 11.1 Å². The molecule has 0 bridgehead atoms.